The fraction of sp³-hybridized carbons (Fsp3) is 0.467. The van der Waals surface area contributed by atoms with Crippen LogP contribution >= 0.6 is 0 Å². The van der Waals surface area contributed by atoms with E-state index in [1.807, 2.05) is 18.2 Å². The second kappa shape index (κ2) is 5.61. The predicted molar refractivity (Wildman–Crippen MR) is 66.5 cm³/mol. The van der Waals surface area contributed by atoms with Crippen LogP contribution in [0, 0.1) is 29.6 Å². The topological polar surface area (TPSA) is 0 Å². The molecule has 15 heavy (non-hydrogen) atoms. The summed E-state index contributed by atoms with van der Waals surface area (Å²) < 4.78 is 0. The van der Waals surface area contributed by atoms with E-state index in [0.717, 1.165) is 5.56 Å². The molecule has 0 aliphatic heterocycles. The summed E-state index contributed by atoms with van der Waals surface area (Å²) in [4.78, 5) is 0. The molecule has 0 atom stereocenters. The predicted octanol–water partition coefficient (Wildman–Crippen LogP) is 3.97. The number of hydrogen-bond acceptors (Lipinski definition) is 0. The van der Waals surface area contributed by atoms with E-state index in [0.29, 0.717) is 17.8 Å². The van der Waals surface area contributed by atoms with Crippen molar-refractivity contribution in [3.8, 4) is 11.8 Å². The summed E-state index contributed by atoms with van der Waals surface area (Å²) in [6, 6.07) is 10.2. The average Bonchev–Trinajstić information content (AvgIpc) is 2.18. The quantitative estimate of drug-likeness (QED) is 0.634. The number of rotatable bonds is 2. The molecule has 0 aliphatic rings. The first-order valence-electron chi connectivity index (χ1n) is 5.68. The van der Waals surface area contributed by atoms with Crippen LogP contribution < -0.4 is 0 Å². The van der Waals surface area contributed by atoms with E-state index in [1.165, 1.54) is 0 Å². The standard InChI is InChI=1S/C15H20/c1-12(2)15(13(3)4)11-10-14-8-6-5-7-9-14/h5-9,12-13,15H,1-4H3. The first kappa shape index (κ1) is 11.9. The summed E-state index contributed by atoms with van der Waals surface area (Å²) in [7, 11) is 0. The van der Waals surface area contributed by atoms with Gasteiger partial charge in [0.2, 0.25) is 0 Å². The molecular formula is C15H20. The van der Waals surface area contributed by atoms with Gasteiger partial charge in [-0.1, -0.05) is 57.7 Å². The zero-order chi connectivity index (χ0) is 11.3. The Hall–Kier alpha value is -1.22. The fourth-order valence-electron chi connectivity index (χ4n) is 1.79. The molecule has 0 nitrogen and oxygen atoms in total. The van der Waals surface area contributed by atoms with Crippen molar-refractivity contribution < 1.29 is 0 Å². The molecule has 0 fully saturated rings. The van der Waals surface area contributed by atoms with Crippen molar-refractivity contribution in [3.05, 3.63) is 35.9 Å². The lowest BCUT2D eigenvalue weighted by Crippen LogP contribution is -2.13. The van der Waals surface area contributed by atoms with Crippen molar-refractivity contribution >= 4 is 0 Å². The highest BCUT2D eigenvalue weighted by Gasteiger charge is 2.13. The maximum absolute atomic E-state index is 3.38. The van der Waals surface area contributed by atoms with Crippen molar-refractivity contribution in [1.82, 2.24) is 0 Å². The lowest BCUT2D eigenvalue weighted by Gasteiger charge is -2.18. The monoisotopic (exact) mass is 200 g/mol. The summed E-state index contributed by atoms with van der Waals surface area (Å²) in [5.41, 5.74) is 1.11. The van der Waals surface area contributed by atoms with E-state index in [9.17, 15) is 0 Å². The normalized spacial score (nSPS) is 10.6. The maximum Gasteiger partial charge on any atom is 0.0252 e. The molecule has 1 aromatic rings. The fourth-order valence-corrected chi connectivity index (χ4v) is 1.79. The molecule has 1 aromatic carbocycles. The van der Waals surface area contributed by atoms with E-state index in [1.54, 1.807) is 0 Å². The molecular weight excluding hydrogens is 180 g/mol. The maximum atomic E-state index is 3.38. The zero-order valence-corrected chi connectivity index (χ0v) is 10.1. The van der Waals surface area contributed by atoms with Gasteiger partial charge < -0.3 is 0 Å². The van der Waals surface area contributed by atoms with Crippen molar-refractivity contribution in [3.63, 3.8) is 0 Å². The van der Waals surface area contributed by atoms with Gasteiger partial charge in [0, 0.05) is 11.5 Å². The molecule has 0 aromatic heterocycles. The molecule has 0 spiro atoms. The van der Waals surface area contributed by atoms with E-state index in [-0.39, 0.29) is 0 Å². The van der Waals surface area contributed by atoms with Crippen LogP contribution in [-0.2, 0) is 0 Å². The van der Waals surface area contributed by atoms with Crippen LogP contribution in [-0.4, -0.2) is 0 Å². The third-order valence-electron chi connectivity index (χ3n) is 2.59. The Morgan fingerprint density at radius 1 is 0.867 bits per heavy atom. The Labute approximate surface area is 93.7 Å². The first-order valence-corrected chi connectivity index (χ1v) is 5.68. The van der Waals surface area contributed by atoms with Crippen molar-refractivity contribution in [2.45, 2.75) is 27.7 Å². The largest absolute Gasteiger partial charge is 0.0939 e. The van der Waals surface area contributed by atoms with E-state index in [4.69, 9.17) is 0 Å². The average molecular weight is 200 g/mol. The van der Waals surface area contributed by atoms with Gasteiger partial charge in [0.05, 0.1) is 0 Å². The Kier molecular flexibility index (Phi) is 4.43. The Morgan fingerprint density at radius 3 is 1.87 bits per heavy atom. The highest BCUT2D eigenvalue weighted by Crippen LogP contribution is 2.19. The molecule has 0 N–H and O–H groups in total. The molecule has 0 radical (unpaired) electrons. The molecule has 80 valence electrons. The van der Waals surface area contributed by atoms with Crippen LogP contribution in [0.3, 0.4) is 0 Å². The van der Waals surface area contributed by atoms with Gasteiger partial charge in [0.25, 0.3) is 0 Å². The summed E-state index contributed by atoms with van der Waals surface area (Å²) in [5.74, 6) is 8.39. The van der Waals surface area contributed by atoms with Crippen LogP contribution in [0.1, 0.15) is 33.3 Å². The van der Waals surface area contributed by atoms with Crippen LogP contribution in [0.4, 0.5) is 0 Å². The molecule has 0 saturated carbocycles. The van der Waals surface area contributed by atoms with E-state index < -0.39 is 0 Å². The minimum absolute atomic E-state index is 0.491. The second-order valence-electron chi connectivity index (χ2n) is 4.65. The van der Waals surface area contributed by atoms with E-state index >= 15 is 0 Å². The van der Waals surface area contributed by atoms with Gasteiger partial charge in [-0.15, -0.1) is 0 Å². The van der Waals surface area contributed by atoms with Crippen molar-refractivity contribution in [1.29, 1.82) is 0 Å². The van der Waals surface area contributed by atoms with Crippen molar-refractivity contribution in [2.75, 3.05) is 0 Å². The smallest absolute Gasteiger partial charge is 0.0252 e. The summed E-state index contributed by atoms with van der Waals surface area (Å²) in [5, 5.41) is 0. The summed E-state index contributed by atoms with van der Waals surface area (Å²) in [6.45, 7) is 8.96. The molecule has 0 amide bonds. The SMILES string of the molecule is CC(C)C(C#Cc1ccccc1)C(C)C. The number of benzene rings is 1. The molecule has 0 heterocycles. The van der Waals surface area contributed by atoms with Gasteiger partial charge in [-0.05, 0) is 24.0 Å². The van der Waals surface area contributed by atoms with Crippen LogP contribution in [0.2, 0.25) is 0 Å². The van der Waals surface area contributed by atoms with Gasteiger partial charge in [-0.3, -0.25) is 0 Å². The summed E-state index contributed by atoms with van der Waals surface area (Å²) >= 11 is 0. The highest BCUT2D eigenvalue weighted by atomic mass is 14.2. The molecule has 1 rings (SSSR count). The van der Waals surface area contributed by atoms with Gasteiger partial charge in [-0.25, -0.2) is 0 Å². The third kappa shape index (κ3) is 3.80. The third-order valence-corrected chi connectivity index (χ3v) is 2.59. The lowest BCUT2D eigenvalue weighted by molar-refractivity contribution is 0.369. The van der Waals surface area contributed by atoms with Gasteiger partial charge >= 0.3 is 0 Å². The van der Waals surface area contributed by atoms with Crippen LogP contribution in [0.25, 0.3) is 0 Å². The first-order chi connectivity index (χ1) is 7.11. The van der Waals surface area contributed by atoms with Crippen LogP contribution in [0.5, 0.6) is 0 Å². The molecule has 0 aliphatic carbocycles. The van der Waals surface area contributed by atoms with E-state index in [2.05, 4.69) is 51.7 Å². The van der Waals surface area contributed by atoms with Crippen LogP contribution in [0.15, 0.2) is 30.3 Å². The van der Waals surface area contributed by atoms with Crippen molar-refractivity contribution in [2.24, 2.45) is 17.8 Å². The minimum atomic E-state index is 0.491. The number of hydrogen-bond donors (Lipinski definition) is 0. The lowest BCUT2D eigenvalue weighted by atomic mass is 9.86. The molecule has 0 saturated heterocycles. The molecule has 0 heteroatoms. The molecule has 0 unspecified atom stereocenters. The zero-order valence-electron chi connectivity index (χ0n) is 10.1. The summed E-state index contributed by atoms with van der Waals surface area (Å²) in [6.07, 6.45) is 0. The Bertz CT molecular complexity index is 327. The Balaban J connectivity index is 2.79. The van der Waals surface area contributed by atoms with Gasteiger partial charge in [0.1, 0.15) is 0 Å². The highest BCUT2D eigenvalue weighted by molar-refractivity contribution is 5.34. The second-order valence-corrected chi connectivity index (χ2v) is 4.65. The Morgan fingerprint density at radius 2 is 1.40 bits per heavy atom. The van der Waals surface area contributed by atoms with Gasteiger partial charge in [0.15, 0.2) is 0 Å². The van der Waals surface area contributed by atoms with Gasteiger partial charge in [-0.2, -0.15) is 0 Å². The molecule has 0 bridgehead atoms. The minimum Gasteiger partial charge on any atom is -0.0939 e.